The van der Waals surface area contributed by atoms with Gasteiger partial charge in [-0.05, 0) is 59.1 Å². The van der Waals surface area contributed by atoms with Crippen molar-refractivity contribution in [3.63, 3.8) is 0 Å². The minimum Gasteiger partial charge on any atom is -0.484 e. The highest BCUT2D eigenvalue weighted by Crippen LogP contribution is 2.18. The summed E-state index contributed by atoms with van der Waals surface area (Å²) in [7, 11) is 0. The standard InChI is InChI=1S/C16H14FN5O2S/c1-25-16-19-20-21-22(16)13-4-2-3-12(9-13)18-15(23)10-24-14-7-5-11(17)6-8-14/h2-9H,10H2,1H3,(H,18,23). The van der Waals surface area contributed by atoms with E-state index in [0.717, 1.165) is 5.69 Å². The molecule has 25 heavy (non-hydrogen) atoms. The SMILES string of the molecule is CSc1nnnn1-c1cccc(NC(=O)COc2ccc(F)cc2)c1. The summed E-state index contributed by atoms with van der Waals surface area (Å²) in [6.45, 7) is -0.184. The Hall–Kier alpha value is -2.94. The van der Waals surface area contributed by atoms with Crippen molar-refractivity contribution in [2.24, 2.45) is 0 Å². The fourth-order valence-corrected chi connectivity index (χ4v) is 2.49. The van der Waals surface area contributed by atoms with Gasteiger partial charge >= 0.3 is 0 Å². The third-order valence-electron chi connectivity index (χ3n) is 3.18. The van der Waals surface area contributed by atoms with Crippen molar-refractivity contribution in [1.82, 2.24) is 20.2 Å². The quantitative estimate of drug-likeness (QED) is 0.681. The third-order valence-corrected chi connectivity index (χ3v) is 3.80. The molecule has 128 valence electrons. The molecule has 0 bridgehead atoms. The van der Waals surface area contributed by atoms with Crippen LogP contribution >= 0.6 is 11.8 Å². The highest BCUT2D eigenvalue weighted by molar-refractivity contribution is 7.98. The maximum atomic E-state index is 12.8. The van der Waals surface area contributed by atoms with Gasteiger partial charge < -0.3 is 10.1 Å². The lowest BCUT2D eigenvalue weighted by Gasteiger charge is -2.09. The van der Waals surface area contributed by atoms with Crippen LogP contribution in [0.5, 0.6) is 5.75 Å². The number of nitrogens with zero attached hydrogens (tertiary/aromatic N) is 4. The van der Waals surface area contributed by atoms with Crippen LogP contribution in [0.15, 0.2) is 53.7 Å². The molecule has 7 nitrogen and oxygen atoms in total. The minimum atomic E-state index is -0.360. The molecule has 0 unspecified atom stereocenters. The Bertz CT molecular complexity index is 869. The Morgan fingerprint density at radius 3 is 2.84 bits per heavy atom. The Morgan fingerprint density at radius 1 is 1.28 bits per heavy atom. The van der Waals surface area contributed by atoms with Gasteiger partial charge in [-0.25, -0.2) is 4.39 Å². The molecule has 0 aliphatic carbocycles. The zero-order valence-electron chi connectivity index (χ0n) is 13.2. The van der Waals surface area contributed by atoms with E-state index in [9.17, 15) is 9.18 Å². The summed E-state index contributed by atoms with van der Waals surface area (Å²) in [5.74, 6) is -0.271. The Kier molecular flexibility index (Phi) is 5.24. The summed E-state index contributed by atoms with van der Waals surface area (Å²) in [5, 5.41) is 14.8. The highest BCUT2D eigenvalue weighted by atomic mass is 32.2. The molecule has 1 amide bonds. The van der Waals surface area contributed by atoms with E-state index in [1.807, 2.05) is 12.3 Å². The predicted octanol–water partition coefficient (Wildman–Crippen LogP) is 2.54. The van der Waals surface area contributed by atoms with E-state index in [0.29, 0.717) is 16.6 Å². The topological polar surface area (TPSA) is 81.9 Å². The lowest BCUT2D eigenvalue weighted by atomic mass is 10.3. The molecular weight excluding hydrogens is 345 g/mol. The Balaban J connectivity index is 1.63. The third kappa shape index (κ3) is 4.32. The van der Waals surface area contributed by atoms with Crippen LogP contribution in [0.2, 0.25) is 0 Å². The number of rotatable bonds is 6. The molecule has 1 aromatic heterocycles. The Morgan fingerprint density at radius 2 is 2.08 bits per heavy atom. The average Bonchev–Trinajstić information content (AvgIpc) is 3.10. The summed E-state index contributed by atoms with van der Waals surface area (Å²) in [6.07, 6.45) is 1.88. The fraction of sp³-hybridized carbons (Fsp3) is 0.125. The number of carbonyl (C=O) groups excluding carboxylic acids is 1. The average molecular weight is 359 g/mol. The van der Waals surface area contributed by atoms with Crippen LogP contribution in [0.4, 0.5) is 10.1 Å². The van der Waals surface area contributed by atoms with Gasteiger partial charge in [0.2, 0.25) is 5.16 Å². The number of ether oxygens (including phenoxy) is 1. The second-order valence-electron chi connectivity index (χ2n) is 4.92. The monoisotopic (exact) mass is 359 g/mol. The molecular formula is C16H14FN5O2S. The number of aromatic nitrogens is 4. The predicted molar refractivity (Wildman–Crippen MR) is 91.5 cm³/mol. The molecule has 3 rings (SSSR count). The van der Waals surface area contributed by atoms with Crippen molar-refractivity contribution < 1.29 is 13.9 Å². The van der Waals surface area contributed by atoms with Crippen LogP contribution in [-0.2, 0) is 4.79 Å². The molecule has 3 aromatic rings. The summed E-state index contributed by atoms with van der Waals surface area (Å²) < 4.78 is 19.7. The first kappa shape index (κ1) is 16.9. The summed E-state index contributed by atoms with van der Waals surface area (Å²) in [4.78, 5) is 12.0. The number of thioether (sulfide) groups is 1. The second kappa shape index (κ2) is 7.75. The highest BCUT2D eigenvalue weighted by Gasteiger charge is 2.09. The van der Waals surface area contributed by atoms with Crippen molar-refractivity contribution >= 4 is 23.4 Å². The number of amides is 1. The molecule has 0 spiro atoms. The molecule has 0 aliphatic rings. The number of carbonyl (C=O) groups is 1. The lowest BCUT2D eigenvalue weighted by molar-refractivity contribution is -0.118. The molecule has 1 N–H and O–H groups in total. The van der Waals surface area contributed by atoms with Crippen molar-refractivity contribution in [3.05, 3.63) is 54.3 Å². The molecule has 9 heteroatoms. The van der Waals surface area contributed by atoms with Crippen LogP contribution in [0.1, 0.15) is 0 Å². The van der Waals surface area contributed by atoms with E-state index >= 15 is 0 Å². The number of nitrogens with one attached hydrogen (secondary N) is 1. The Labute approximate surface area is 147 Å². The van der Waals surface area contributed by atoms with Crippen LogP contribution in [-0.4, -0.2) is 39.0 Å². The van der Waals surface area contributed by atoms with Crippen LogP contribution in [0, 0.1) is 5.82 Å². The van der Waals surface area contributed by atoms with Crippen molar-refractivity contribution in [1.29, 1.82) is 0 Å². The minimum absolute atomic E-state index is 0.184. The van der Waals surface area contributed by atoms with E-state index < -0.39 is 0 Å². The number of benzene rings is 2. The maximum Gasteiger partial charge on any atom is 0.262 e. The molecule has 2 aromatic carbocycles. The zero-order chi connectivity index (χ0) is 17.6. The van der Waals surface area contributed by atoms with E-state index in [-0.39, 0.29) is 18.3 Å². The van der Waals surface area contributed by atoms with Gasteiger partial charge in [0.25, 0.3) is 5.91 Å². The van der Waals surface area contributed by atoms with Gasteiger partial charge in [0.05, 0.1) is 5.69 Å². The van der Waals surface area contributed by atoms with Crippen molar-refractivity contribution in [2.45, 2.75) is 5.16 Å². The smallest absolute Gasteiger partial charge is 0.262 e. The molecule has 0 radical (unpaired) electrons. The number of halogens is 1. The molecule has 0 fully saturated rings. The maximum absolute atomic E-state index is 12.8. The lowest BCUT2D eigenvalue weighted by Crippen LogP contribution is -2.20. The summed E-state index contributed by atoms with van der Waals surface area (Å²) >= 11 is 1.42. The van der Waals surface area contributed by atoms with Crippen LogP contribution < -0.4 is 10.1 Å². The molecule has 1 heterocycles. The fourth-order valence-electron chi connectivity index (χ4n) is 2.06. The van der Waals surface area contributed by atoms with E-state index in [4.69, 9.17) is 4.74 Å². The van der Waals surface area contributed by atoms with Crippen LogP contribution in [0.3, 0.4) is 0 Å². The van der Waals surface area contributed by atoms with Gasteiger partial charge in [-0.1, -0.05) is 17.8 Å². The number of hydrogen-bond acceptors (Lipinski definition) is 6. The number of tetrazole rings is 1. The zero-order valence-corrected chi connectivity index (χ0v) is 14.0. The molecule has 0 atom stereocenters. The second-order valence-corrected chi connectivity index (χ2v) is 5.69. The first-order valence-corrected chi connectivity index (χ1v) is 8.49. The number of hydrogen-bond donors (Lipinski definition) is 1. The van der Waals surface area contributed by atoms with Gasteiger partial charge in [-0.3, -0.25) is 4.79 Å². The van der Waals surface area contributed by atoms with E-state index in [2.05, 4.69) is 20.8 Å². The normalized spacial score (nSPS) is 10.5. The first-order valence-electron chi connectivity index (χ1n) is 7.27. The van der Waals surface area contributed by atoms with Gasteiger partial charge in [-0.15, -0.1) is 5.10 Å². The summed E-state index contributed by atoms with van der Waals surface area (Å²) in [5.41, 5.74) is 1.32. The molecule has 0 saturated carbocycles. The largest absolute Gasteiger partial charge is 0.484 e. The molecule has 0 saturated heterocycles. The van der Waals surface area contributed by atoms with Gasteiger partial charge in [0.1, 0.15) is 11.6 Å². The van der Waals surface area contributed by atoms with Crippen molar-refractivity contribution in [3.8, 4) is 11.4 Å². The van der Waals surface area contributed by atoms with Crippen molar-refractivity contribution in [2.75, 3.05) is 18.2 Å². The first-order chi connectivity index (χ1) is 12.2. The van der Waals surface area contributed by atoms with Crippen LogP contribution in [0.25, 0.3) is 5.69 Å². The van der Waals surface area contributed by atoms with E-state index in [1.165, 1.54) is 36.0 Å². The number of anilines is 1. The van der Waals surface area contributed by atoms with E-state index in [1.54, 1.807) is 22.9 Å². The van der Waals surface area contributed by atoms with Gasteiger partial charge in [-0.2, -0.15) is 4.68 Å². The van der Waals surface area contributed by atoms with Gasteiger partial charge in [0, 0.05) is 5.69 Å². The molecule has 0 aliphatic heterocycles. The van der Waals surface area contributed by atoms with Gasteiger partial charge in [0.15, 0.2) is 6.61 Å². The summed E-state index contributed by atoms with van der Waals surface area (Å²) in [6, 6.07) is 12.6.